The van der Waals surface area contributed by atoms with Gasteiger partial charge in [0.05, 0.1) is 18.8 Å². The van der Waals surface area contributed by atoms with Gasteiger partial charge in [0.15, 0.2) is 5.96 Å². The molecule has 3 fully saturated rings. The van der Waals surface area contributed by atoms with Crippen LogP contribution in [0.1, 0.15) is 63.4 Å². The quantitative estimate of drug-likeness (QED) is 0.527. The molecule has 3 heterocycles. The maximum atomic E-state index is 6.15. The van der Waals surface area contributed by atoms with Crippen molar-refractivity contribution in [1.29, 1.82) is 0 Å². The molecule has 7 nitrogen and oxygen atoms in total. The Kier molecular flexibility index (Phi) is 8.41. The monoisotopic (exact) mass is 430 g/mol. The number of piperidine rings is 1. The van der Waals surface area contributed by atoms with Crippen molar-refractivity contribution in [2.75, 3.05) is 33.4 Å². The first kappa shape index (κ1) is 22.3. The SMILES string of the molecule is CN=C(NCc1ccnc(OC2CCCC2)c1)N1CCC(OCC2CCCCO2)CC1. The fourth-order valence-corrected chi connectivity index (χ4v) is 4.73. The molecule has 3 aliphatic rings. The van der Waals surface area contributed by atoms with Crippen molar-refractivity contribution >= 4 is 5.96 Å². The molecular formula is C24H38N4O3. The zero-order chi connectivity index (χ0) is 21.3. The first-order chi connectivity index (χ1) is 15.3. The summed E-state index contributed by atoms with van der Waals surface area (Å²) in [6.45, 7) is 4.27. The van der Waals surface area contributed by atoms with Crippen LogP contribution in [-0.2, 0) is 16.0 Å². The molecule has 7 heteroatoms. The van der Waals surface area contributed by atoms with Gasteiger partial charge < -0.3 is 24.4 Å². The summed E-state index contributed by atoms with van der Waals surface area (Å²) in [7, 11) is 1.85. The third-order valence-electron chi connectivity index (χ3n) is 6.58. The maximum Gasteiger partial charge on any atom is 0.213 e. The Hall–Kier alpha value is -1.86. The summed E-state index contributed by atoms with van der Waals surface area (Å²) in [6.07, 6.45) is 13.3. The van der Waals surface area contributed by atoms with Gasteiger partial charge in [-0.15, -0.1) is 0 Å². The lowest BCUT2D eigenvalue weighted by molar-refractivity contribution is -0.0721. The van der Waals surface area contributed by atoms with Crippen LogP contribution in [0.15, 0.2) is 23.3 Å². The summed E-state index contributed by atoms with van der Waals surface area (Å²) in [5, 5.41) is 3.51. The highest BCUT2D eigenvalue weighted by Gasteiger charge is 2.24. The zero-order valence-electron chi connectivity index (χ0n) is 18.9. The van der Waals surface area contributed by atoms with E-state index in [-0.39, 0.29) is 0 Å². The lowest BCUT2D eigenvalue weighted by Gasteiger charge is -2.35. The highest BCUT2D eigenvalue weighted by Crippen LogP contribution is 2.23. The van der Waals surface area contributed by atoms with E-state index in [2.05, 4.69) is 20.2 Å². The minimum atomic E-state index is 0.295. The molecule has 0 radical (unpaired) electrons. The van der Waals surface area contributed by atoms with Crippen molar-refractivity contribution in [3.8, 4) is 5.88 Å². The van der Waals surface area contributed by atoms with Gasteiger partial charge >= 0.3 is 0 Å². The molecule has 0 amide bonds. The largest absolute Gasteiger partial charge is 0.474 e. The summed E-state index contributed by atoms with van der Waals surface area (Å²) < 4.78 is 18.0. The second-order valence-electron chi connectivity index (χ2n) is 8.94. The Morgan fingerprint density at radius 3 is 2.68 bits per heavy atom. The van der Waals surface area contributed by atoms with Crippen LogP contribution in [0.25, 0.3) is 0 Å². The van der Waals surface area contributed by atoms with Gasteiger partial charge in [-0.1, -0.05) is 0 Å². The van der Waals surface area contributed by atoms with Gasteiger partial charge in [-0.25, -0.2) is 4.98 Å². The molecule has 1 aromatic rings. The number of likely N-dealkylation sites (tertiary alicyclic amines) is 1. The van der Waals surface area contributed by atoms with Crippen LogP contribution in [0.3, 0.4) is 0 Å². The Bertz CT molecular complexity index is 694. The van der Waals surface area contributed by atoms with Crippen LogP contribution in [0.2, 0.25) is 0 Å². The summed E-state index contributed by atoms with van der Waals surface area (Å²) in [6, 6.07) is 4.08. The second-order valence-corrected chi connectivity index (χ2v) is 8.94. The summed E-state index contributed by atoms with van der Waals surface area (Å²) in [4.78, 5) is 11.2. The van der Waals surface area contributed by atoms with Crippen LogP contribution in [0.4, 0.5) is 0 Å². The molecule has 172 valence electrons. The van der Waals surface area contributed by atoms with Crippen molar-refractivity contribution in [2.24, 2.45) is 4.99 Å². The number of nitrogens with zero attached hydrogens (tertiary/aromatic N) is 3. The topological polar surface area (TPSA) is 68.2 Å². The molecule has 1 N–H and O–H groups in total. The van der Waals surface area contributed by atoms with E-state index < -0.39 is 0 Å². The maximum absolute atomic E-state index is 6.15. The predicted molar refractivity (Wildman–Crippen MR) is 121 cm³/mol. The van der Waals surface area contributed by atoms with E-state index in [0.29, 0.717) is 24.9 Å². The molecule has 0 spiro atoms. The van der Waals surface area contributed by atoms with Crippen LogP contribution >= 0.6 is 0 Å². The van der Waals surface area contributed by atoms with E-state index in [1.54, 1.807) is 0 Å². The molecule has 0 bridgehead atoms. The van der Waals surface area contributed by atoms with Gasteiger partial charge in [-0.05, 0) is 69.4 Å². The van der Waals surface area contributed by atoms with Crippen molar-refractivity contribution in [3.63, 3.8) is 0 Å². The molecule has 1 aliphatic carbocycles. The van der Waals surface area contributed by atoms with Crippen molar-refractivity contribution in [2.45, 2.75) is 82.6 Å². The Morgan fingerprint density at radius 1 is 1.13 bits per heavy atom. The van der Waals surface area contributed by atoms with Crippen molar-refractivity contribution < 1.29 is 14.2 Å². The zero-order valence-corrected chi connectivity index (χ0v) is 18.9. The number of aliphatic imine (C=N–C) groups is 1. The molecule has 1 unspecified atom stereocenters. The first-order valence-electron chi connectivity index (χ1n) is 12.1. The smallest absolute Gasteiger partial charge is 0.213 e. The summed E-state index contributed by atoms with van der Waals surface area (Å²) in [5.41, 5.74) is 1.16. The number of nitrogens with one attached hydrogen (secondary N) is 1. The number of aromatic nitrogens is 1. The van der Waals surface area contributed by atoms with Gasteiger partial charge in [0.25, 0.3) is 0 Å². The normalized spacial score (nSPS) is 23.8. The molecule has 1 aromatic heterocycles. The molecule has 2 aliphatic heterocycles. The van der Waals surface area contributed by atoms with E-state index >= 15 is 0 Å². The van der Waals surface area contributed by atoms with E-state index in [9.17, 15) is 0 Å². The lowest BCUT2D eigenvalue weighted by atomic mass is 10.1. The van der Waals surface area contributed by atoms with Crippen LogP contribution in [-0.4, -0.2) is 67.5 Å². The van der Waals surface area contributed by atoms with Crippen molar-refractivity contribution in [1.82, 2.24) is 15.2 Å². The fourth-order valence-electron chi connectivity index (χ4n) is 4.73. The molecule has 1 atom stereocenters. The van der Waals surface area contributed by atoms with Gasteiger partial charge in [-0.3, -0.25) is 4.99 Å². The lowest BCUT2D eigenvalue weighted by Crippen LogP contribution is -2.47. The molecular weight excluding hydrogens is 392 g/mol. The molecule has 31 heavy (non-hydrogen) atoms. The van der Waals surface area contributed by atoms with E-state index in [0.717, 1.165) is 75.8 Å². The molecule has 1 saturated carbocycles. The Morgan fingerprint density at radius 2 is 1.94 bits per heavy atom. The highest BCUT2D eigenvalue weighted by molar-refractivity contribution is 5.79. The van der Waals surface area contributed by atoms with Gasteiger partial charge in [0, 0.05) is 45.6 Å². The summed E-state index contributed by atoms with van der Waals surface area (Å²) >= 11 is 0. The third kappa shape index (κ3) is 6.81. The Labute approximate surface area is 186 Å². The number of guanidine groups is 1. The number of ether oxygens (including phenoxy) is 3. The van der Waals surface area contributed by atoms with Crippen molar-refractivity contribution in [3.05, 3.63) is 23.9 Å². The van der Waals surface area contributed by atoms with Gasteiger partial charge in [0.1, 0.15) is 6.10 Å². The van der Waals surface area contributed by atoms with Crippen LogP contribution < -0.4 is 10.1 Å². The first-order valence-corrected chi connectivity index (χ1v) is 12.1. The average Bonchev–Trinajstić information content (AvgIpc) is 3.33. The van der Waals surface area contributed by atoms with Crippen LogP contribution in [0, 0.1) is 0 Å². The van der Waals surface area contributed by atoms with E-state index in [4.69, 9.17) is 14.2 Å². The second kappa shape index (κ2) is 11.7. The van der Waals surface area contributed by atoms with E-state index in [1.165, 1.54) is 25.7 Å². The van der Waals surface area contributed by atoms with E-state index in [1.807, 2.05) is 25.4 Å². The molecule has 4 rings (SSSR count). The minimum Gasteiger partial charge on any atom is -0.474 e. The predicted octanol–water partition coefficient (Wildman–Crippen LogP) is 3.53. The minimum absolute atomic E-state index is 0.295. The van der Waals surface area contributed by atoms with Gasteiger partial charge in [-0.2, -0.15) is 0 Å². The number of hydrogen-bond acceptors (Lipinski definition) is 5. The molecule has 0 aromatic carbocycles. The van der Waals surface area contributed by atoms with Gasteiger partial charge in [0.2, 0.25) is 5.88 Å². The summed E-state index contributed by atoms with van der Waals surface area (Å²) in [5.74, 6) is 1.69. The third-order valence-corrected chi connectivity index (χ3v) is 6.58. The number of hydrogen-bond donors (Lipinski definition) is 1. The fraction of sp³-hybridized carbons (Fsp3) is 0.750. The van der Waals surface area contributed by atoms with Crippen LogP contribution in [0.5, 0.6) is 5.88 Å². The standard InChI is InChI=1S/C24H38N4O3/c1-25-24(27-17-19-9-12-26-23(16-19)31-21-6-2-3-7-21)28-13-10-20(11-14-28)30-18-22-8-4-5-15-29-22/h9,12,16,20-22H,2-8,10-11,13-15,17-18H2,1H3,(H,25,27). The average molecular weight is 431 g/mol. The Balaban J connectivity index is 1.19. The highest BCUT2D eigenvalue weighted by atomic mass is 16.5. The number of rotatable bonds is 7. The number of pyridine rings is 1. The molecule has 2 saturated heterocycles.